The predicted octanol–water partition coefficient (Wildman–Crippen LogP) is 3.54. The van der Waals surface area contributed by atoms with Gasteiger partial charge in [0.15, 0.2) is 0 Å². The number of halogens is 2. The maximum Gasteiger partial charge on any atom is 0.244 e. The van der Waals surface area contributed by atoms with E-state index in [0.717, 1.165) is 44.0 Å². The van der Waals surface area contributed by atoms with Gasteiger partial charge in [-0.15, -0.1) is 24.8 Å². The van der Waals surface area contributed by atoms with Crippen LogP contribution in [0.25, 0.3) is 0 Å². The maximum absolute atomic E-state index is 12.7. The zero-order valence-electron chi connectivity index (χ0n) is 15.4. The van der Waals surface area contributed by atoms with Crippen molar-refractivity contribution in [2.45, 2.75) is 44.2 Å². The van der Waals surface area contributed by atoms with Gasteiger partial charge in [0.05, 0.1) is 0 Å². The van der Waals surface area contributed by atoms with Gasteiger partial charge in [-0.2, -0.15) is 0 Å². The number of nitrogens with two attached hydrogens (primary N) is 1. The third kappa shape index (κ3) is 5.03. The lowest BCUT2D eigenvalue weighted by molar-refractivity contribution is -0.133. The number of imidazole rings is 1. The number of piperidine rings is 1. The summed E-state index contributed by atoms with van der Waals surface area (Å²) in [7, 11) is 0. The van der Waals surface area contributed by atoms with E-state index in [4.69, 9.17) is 5.73 Å². The molecule has 1 aromatic carbocycles. The van der Waals surface area contributed by atoms with Crippen LogP contribution in [0, 0.1) is 5.92 Å². The predicted molar refractivity (Wildman–Crippen MR) is 111 cm³/mol. The molecule has 0 unspecified atom stereocenters. The number of likely N-dealkylation sites (tertiary alicyclic amines) is 1. The zero-order chi connectivity index (χ0) is 17.2. The molecule has 1 saturated carbocycles. The summed E-state index contributed by atoms with van der Waals surface area (Å²) in [6.45, 7) is 2.63. The Labute approximate surface area is 173 Å². The summed E-state index contributed by atoms with van der Waals surface area (Å²) in [5, 5.41) is 0. The fraction of sp³-hybridized carbons (Fsp3) is 0.500. The lowest BCUT2D eigenvalue weighted by Gasteiger charge is -2.33. The fourth-order valence-electron chi connectivity index (χ4n) is 3.77. The van der Waals surface area contributed by atoms with E-state index in [1.165, 1.54) is 18.7 Å². The summed E-state index contributed by atoms with van der Waals surface area (Å²) >= 11 is 0. The Bertz CT molecular complexity index is 725. The Kier molecular flexibility index (Phi) is 7.71. The fourth-order valence-corrected chi connectivity index (χ4v) is 3.77. The number of carbonyl (C=O) groups is 1. The van der Waals surface area contributed by atoms with Crippen molar-refractivity contribution in [3.63, 3.8) is 0 Å². The largest absolute Gasteiger partial charge is 0.341 e. The lowest BCUT2D eigenvalue weighted by atomic mass is 9.95. The summed E-state index contributed by atoms with van der Waals surface area (Å²) in [4.78, 5) is 19.2. The molecule has 0 radical (unpaired) electrons. The van der Waals surface area contributed by atoms with Crippen LogP contribution in [0.3, 0.4) is 0 Å². The Morgan fingerprint density at radius 3 is 2.41 bits per heavy atom. The smallest absolute Gasteiger partial charge is 0.244 e. The molecule has 1 atom stereocenters. The van der Waals surface area contributed by atoms with Crippen molar-refractivity contribution in [1.82, 2.24) is 14.5 Å². The van der Waals surface area contributed by atoms with Crippen LogP contribution < -0.4 is 5.73 Å². The molecule has 4 rings (SSSR count). The van der Waals surface area contributed by atoms with Crippen LogP contribution in [-0.2, 0) is 11.3 Å². The van der Waals surface area contributed by atoms with E-state index in [9.17, 15) is 4.79 Å². The summed E-state index contributed by atoms with van der Waals surface area (Å²) in [5.41, 5.74) is 7.06. The zero-order valence-corrected chi connectivity index (χ0v) is 17.0. The van der Waals surface area contributed by atoms with Gasteiger partial charge < -0.3 is 15.2 Å². The molecule has 1 aromatic heterocycles. The summed E-state index contributed by atoms with van der Waals surface area (Å²) in [5.74, 6) is 2.53. The summed E-state index contributed by atoms with van der Waals surface area (Å²) < 4.78 is 2.33. The number of hydrogen-bond acceptors (Lipinski definition) is 3. The number of aromatic nitrogens is 2. The first-order valence-electron chi connectivity index (χ1n) is 9.32. The Morgan fingerprint density at radius 2 is 1.78 bits per heavy atom. The normalized spacial score (nSPS) is 18.3. The molecule has 27 heavy (non-hydrogen) atoms. The molecule has 2 fully saturated rings. The number of carbonyl (C=O) groups excluding carboxylic acids is 1. The highest BCUT2D eigenvalue weighted by molar-refractivity contribution is 5.85. The second-order valence-corrected chi connectivity index (χ2v) is 7.37. The highest BCUT2D eigenvalue weighted by Gasteiger charge is 2.30. The van der Waals surface area contributed by atoms with Crippen molar-refractivity contribution in [3.05, 3.63) is 54.1 Å². The van der Waals surface area contributed by atoms with Crippen LogP contribution in [0.4, 0.5) is 0 Å². The van der Waals surface area contributed by atoms with E-state index in [1.807, 2.05) is 41.4 Å². The van der Waals surface area contributed by atoms with E-state index in [1.54, 1.807) is 0 Å². The minimum atomic E-state index is -0.561. The average molecular weight is 411 g/mol. The van der Waals surface area contributed by atoms with Gasteiger partial charge in [0, 0.05) is 37.9 Å². The molecule has 1 aliphatic heterocycles. The van der Waals surface area contributed by atoms with Crippen LogP contribution in [0.1, 0.15) is 49.0 Å². The number of rotatable bonds is 5. The van der Waals surface area contributed by atoms with E-state index in [2.05, 4.69) is 15.7 Å². The van der Waals surface area contributed by atoms with E-state index >= 15 is 0 Å². The molecule has 0 spiro atoms. The second kappa shape index (κ2) is 9.58. The molecule has 1 amide bonds. The number of nitrogens with zero attached hydrogens (tertiary/aromatic N) is 3. The Morgan fingerprint density at radius 1 is 1.11 bits per heavy atom. The molecular formula is C20H28Cl2N4O. The van der Waals surface area contributed by atoms with Gasteiger partial charge in [0.1, 0.15) is 11.9 Å². The monoisotopic (exact) mass is 410 g/mol. The molecule has 5 nitrogen and oxygen atoms in total. The van der Waals surface area contributed by atoms with Crippen LogP contribution in [0.15, 0.2) is 42.7 Å². The van der Waals surface area contributed by atoms with Gasteiger partial charge in [0.25, 0.3) is 0 Å². The Balaban J connectivity index is 0.00000131. The minimum Gasteiger partial charge on any atom is -0.341 e. The van der Waals surface area contributed by atoms with Gasteiger partial charge in [-0.05, 0) is 37.2 Å². The topological polar surface area (TPSA) is 64.2 Å². The van der Waals surface area contributed by atoms with Crippen molar-refractivity contribution in [1.29, 1.82) is 0 Å². The number of amides is 1. The number of hydrogen-bond donors (Lipinski definition) is 1. The first kappa shape index (κ1) is 21.7. The van der Waals surface area contributed by atoms with Gasteiger partial charge in [0.2, 0.25) is 5.91 Å². The molecule has 2 N–H and O–H groups in total. The van der Waals surface area contributed by atoms with Crippen LogP contribution >= 0.6 is 24.8 Å². The highest BCUT2D eigenvalue weighted by atomic mass is 35.5. The molecular weight excluding hydrogens is 383 g/mol. The summed E-state index contributed by atoms with van der Waals surface area (Å²) in [6.07, 6.45) is 8.66. The molecule has 7 heteroatoms. The lowest BCUT2D eigenvalue weighted by Crippen LogP contribution is -2.43. The molecule has 1 saturated heterocycles. The van der Waals surface area contributed by atoms with Crippen molar-refractivity contribution in [2.24, 2.45) is 11.7 Å². The van der Waals surface area contributed by atoms with E-state index < -0.39 is 6.04 Å². The first-order chi connectivity index (χ1) is 12.2. The van der Waals surface area contributed by atoms with Crippen LogP contribution in [0.5, 0.6) is 0 Å². The first-order valence-corrected chi connectivity index (χ1v) is 9.32. The van der Waals surface area contributed by atoms with Gasteiger partial charge >= 0.3 is 0 Å². The molecule has 2 aromatic rings. The highest BCUT2D eigenvalue weighted by Crippen LogP contribution is 2.33. The SMILES string of the molecule is Cl.Cl.N[C@H](C(=O)N1CCC(c2nccn2CC2CC2)CC1)c1ccccc1. The third-order valence-corrected chi connectivity index (χ3v) is 5.50. The van der Waals surface area contributed by atoms with Crippen molar-refractivity contribution < 1.29 is 4.79 Å². The van der Waals surface area contributed by atoms with Gasteiger partial charge in [-0.25, -0.2) is 4.98 Å². The average Bonchev–Trinajstić information content (AvgIpc) is 3.36. The quantitative estimate of drug-likeness (QED) is 0.819. The second-order valence-electron chi connectivity index (χ2n) is 7.37. The summed E-state index contributed by atoms with van der Waals surface area (Å²) in [6, 6.07) is 9.07. The van der Waals surface area contributed by atoms with Gasteiger partial charge in [-0.1, -0.05) is 30.3 Å². The van der Waals surface area contributed by atoms with Crippen LogP contribution in [0.2, 0.25) is 0 Å². The van der Waals surface area contributed by atoms with E-state index in [0.29, 0.717) is 5.92 Å². The molecule has 2 aliphatic rings. The van der Waals surface area contributed by atoms with Crippen LogP contribution in [-0.4, -0.2) is 33.4 Å². The number of benzene rings is 1. The van der Waals surface area contributed by atoms with Gasteiger partial charge in [-0.3, -0.25) is 4.79 Å². The Hall–Kier alpha value is -1.56. The molecule has 2 heterocycles. The molecule has 1 aliphatic carbocycles. The molecule has 0 bridgehead atoms. The maximum atomic E-state index is 12.7. The van der Waals surface area contributed by atoms with Crippen molar-refractivity contribution in [3.8, 4) is 0 Å². The minimum absolute atomic E-state index is 0. The standard InChI is InChI=1S/C20H26N4O.2ClH/c21-18(16-4-2-1-3-5-16)20(25)23-11-8-17(9-12-23)19-22-10-13-24(19)14-15-6-7-15;;/h1-5,10,13,15,17-18H,6-9,11-12,14,21H2;2*1H/t18-;;/m0../s1. The van der Waals surface area contributed by atoms with Crippen molar-refractivity contribution in [2.75, 3.05) is 13.1 Å². The van der Waals surface area contributed by atoms with E-state index in [-0.39, 0.29) is 30.7 Å². The van der Waals surface area contributed by atoms with Crippen molar-refractivity contribution >= 4 is 30.7 Å². The third-order valence-electron chi connectivity index (χ3n) is 5.50. The molecule has 148 valence electrons.